The third-order valence-corrected chi connectivity index (χ3v) is 7.00. The maximum Gasteiger partial charge on any atom is 0.342 e. The molecule has 0 aliphatic carbocycles. The quantitative estimate of drug-likeness (QED) is 0.343. The minimum Gasteiger partial charge on any atom is -0.507 e. The highest BCUT2D eigenvalue weighted by Crippen LogP contribution is 2.43. The Morgan fingerprint density at radius 1 is 1.43 bits per heavy atom. The Labute approximate surface area is 177 Å². The highest BCUT2D eigenvalue weighted by atomic mass is 31.2. The number of hydrogen-bond donors (Lipinski definition) is 2. The van der Waals surface area contributed by atoms with Crippen molar-refractivity contribution in [1.29, 1.82) is 0 Å². The molecule has 0 bridgehead atoms. The third kappa shape index (κ3) is 5.24. The molecule has 1 aromatic rings. The first-order valence-electron chi connectivity index (χ1n) is 9.77. The lowest BCUT2D eigenvalue weighted by atomic mass is 9.95. The summed E-state index contributed by atoms with van der Waals surface area (Å²) in [6.45, 7) is 8.92. The van der Waals surface area contributed by atoms with E-state index in [0.717, 1.165) is 11.1 Å². The highest BCUT2D eigenvalue weighted by molar-refractivity contribution is 7.61. The van der Waals surface area contributed by atoms with E-state index in [0.29, 0.717) is 16.9 Å². The van der Waals surface area contributed by atoms with E-state index in [-0.39, 0.29) is 37.1 Å². The van der Waals surface area contributed by atoms with Gasteiger partial charge in [0.2, 0.25) is 0 Å². The van der Waals surface area contributed by atoms with Gasteiger partial charge in [-0.15, -0.1) is 0 Å². The molecule has 166 valence electrons. The number of carbonyl (C=O) groups is 2. The minimum absolute atomic E-state index is 0.113. The molecule has 0 aromatic heterocycles. The van der Waals surface area contributed by atoms with Crippen molar-refractivity contribution < 1.29 is 33.5 Å². The maximum atomic E-state index is 12.9. The molecule has 9 heteroatoms. The standard InChI is InChI=1S/C21H30NO7P/c1-7-28-20(24)14(4)22-30(6,26)11-12(2)8-9-15-18(23)17-16(10-29-21(17)25)13(3)19(15)27-5/h8,14,23H,7,9-11H2,1-6H3,(H,22,26)/b12-8+/t14-,30?/m0/s1. The van der Waals surface area contributed by atoms with Gasteiger partial charge in [0.1, 0.15) is 37.0 Å². The predicted octanol–water partition coefficient (Wildman–Crippen LogP) is 3.32. The molecule has 0 fully saturated rings. The number of benzene rings is 1. The summed E-state index contributed by atoms with van der Waals surface area (Å²) < 4.78 is 28.4. The summed E-state index contributed by atoms with van der Waals surface area (Å²) in [7, 11) is -1.35. The van der Waals surface area contributed by atoms with Crippen LogP contribution < -0.4 is 9.82 Å². The lowest BCUT2D eigenvalue weighted by Gasteiger charge is -2.20. The SMILES string of the molecule is CCOC(=O)[C@H](C)NP(C)(=O)C/C(C)=C/Cc1c(O)c2c(c(C)c1OC)COC2=O. The molecule has 1 aliphatic heterocycles. The average molecular weight is 439 g/mol. The van der Waals surface area contributed by atoms with Crippen molar-refractivity contribution in [1.82, 2.24) is 5.09 Å². The molecule has 1 unspecified atom stereocenters. The van der Waals surface area contributed by atoms with E-state index in [1.165, 1.54) is 7.11 Å². The van der Waals surface area contributed by atoms with Crippen LogP contribution in [0.2, 0.25) is 0 Å². The monoisotopic (exact) mass is 439 g/mol. The van der Waals surface area contributed by atoms with E-state index in [1.54, 1.807) is 20.5 Å². The van der Waals surface area contributed by atoms with Crippen LogP contribution in [0.3, 0.4) is 0 Å². The Bertz CT molecular complexity index is 923. The lowest BCUT2D eigenvalue weighted by molar-refractivity contribution is -0.144. The number of carbonyl (C=O) groups excluding carboxylic acids is 2. The smallest absolute Gasteiger partial charge is 0.342 e. The van der Waals surface area contributed by atoms with Crippen LogP contribution in [0.4, 0.5) is 0 Å². The second kappa shape index (κ2) is 9.67. The van der Waals surface area contributed by atoms with E-state index >= 15 is 0 Å². The Kier molecular flexibility index (Phi) is 7.72. The van der Waals surface area contributed by atoms with E-state index < -0.39 is 25.3 Å². The number of fused-ring (bicyclic) bond motifs is 1. The van der Waals surface area contributed by atoms with Gasteiger partial charge in [0.15, 0.2) is 0 Å². The van der Waals surface area contributed by atoms with Crippen molar-refractivity contribution in [2.75, 3.05) is 26.5 Å². The van der Waals surface area contributed by atoms with E-state index in [2.05, 4.69) is 5.09 Å². The van der Waals surface area contributed by atoms with Crippen molar-refractivity contribution in [3.05, 3.63) is 33.9 Å². The number of rotatable bonds is 9. The molecule has 0 amide bonds. The van der Waals surface area contributed by atoms with Gasteiger partial charge in [0, 0.05) is 24.0 Å². The van der Waals surface area contributed by atoms with E-state index in [4.69, 9.17) is 14.2 Å². The van der Waals surface area contributed by atoms with Crippen LogP contribution in [-0.2, 0) is 31.9 Å². The number of hydrogen-bond acceptors (Lipinski definition) is 7. The molecule has 2 rings (SSSR count). The third-order valence-electron chi connectivity index (χ3n) is 4.96. The Morgan fingerprint density at radius 2 is 2.10 bits per heavy atom. The number of cyclic esters (lactones) is 1. The second-order valence-electron chi connectivity index (χ2n) is 7.53. The van der Waals surface area contributed by atoms with E-state index in [1.807, 2.05) is 19.9 Å². The molecule has 2 N–H and O–H groups in total. The Balaban J connectivity index is 2.20. The molecule has 1 aromatic carbocycles. The molecule has 0 radical (unpaired) electrons. The first-order valence-corrected chi connectivity index (χ1v) is 12.1. The van der Waals surface area contributed by atoms with Gasteiger partial charge in [-0.2, -0.15) is 0 Å². The first-order chi connectivity index (χ1) is 14.0. The van der Waals surface area contributed by atoms with Gasteiger partial charge in [-0.05, 0) is 39.7 Å². The van der Waals surface area contributed by atoms with Crippen LogP contribution >= 0.6 is 7.29 Å². The number of allylic oxidation sites excluding steroid dienone is 2. The topological polar surface area (TPSA) is 111 Å². The zero-order valence-corrected chi connectivity index (χ0v) is 19.2. The molecule has 0 saturated heterocycles. The van der Waals surface area contributed by atoms with Crippen molar-refractivity contribution in [2.45, 2.75) is 46.8 Å². The van der Waals surface area contributed by atoms with Crippen molar-refractivity contribution >= 4 is 19.2 Å². The van der Waals surface area contributed by atoms with Gasteiger partial charge in [0.05, 0.1) is 13.7 Å². The summed E-state index contributed by atoms with van der Waals surface area (Å²) >= 11 is 0. The van der Waals surface area contributed by atoms with Crippen LogP contribution in [0, 0.1) is 6.92 Å². The number of phenols is 1. The van der Waals surface area contributed by atoms with Crippen LogP contribution in [0.1, 0.15) is 47.8 Å². The van der Waals surface area contributed by atoms with Crippen LogP contribution in [0.25, 0.3) is 0 Å². The zero-order chi connectivity index (χ0) is 22.6. The Morgan fingerprint density at radius 3 is 2.70 bits per heavy atom. The van der Waals surface area contributed by atoms with Gasteiger partial charge < -0.3 is 23.9 Å². The fourth-order valence-electron chi connectivity index (χ4n) is 3.62. The maximum absolute atomic E-state index is 12.9. The van der Waals surface area contributed by atoms with Gasteiger partial charge in [-0.1, -0.05) is 11.6 Å². The normalized spacial score (nSPS) is 16.5. The fourth-order valence-corrected chi connectivity index (χ4v) is 5.72. The van der Waals surface area contributed by atoms with Crippen molar-refractivity contribution in [3.63, 3.8) is 0 Å². The number of nitrogens with one attached hydrogen (secondary N) is 1. The summed E-state index contributed by atoms with van der Waals surface area (Å²) in [6.07, 6.45) is 2.36. The number of esters is 2. The zero-order valence-electron chi connectivity index (χ0n) is 18.3. The second-order valence-corrected chi connectivity index (χ2v) is 10.3. The molecule has 30 heavy (non-hydrogen) atoms. The van der Waals surface area contributed by atoms with E-state index in [9.17, 15) is 19.3 Å². The summed E-state index contributed by atoms with van der Waals surface area (Å²) in [5.74, 6) is -0.642. The van der Waals surface area contributed by atoms with Crippen molar-refractivity contribution in [2.24, 2.45) is 0 Å². The van der Waals surface area contributed by atoms with Crippen molar-refractivity contribution in [3.8, 4) is 11.5 Å². The lowest BCUT2D eigenvalue weighted by Crippen LogP contribution is -2.33. The van der Waals surface area contributed by atoms with Crippen LogP contribution in [0.15, 0.2) is 11.6 Å². The fraction of sp³-hybridized carbons (Fsp3) is 0.524. The van der Waals surface area contributed by atoms with Gasteiger partial charge >= 0.3 is 11.9 Å². The number of ether oxygens (including phenoxy) is 3. The number of methoxy groups -OCH3 is 1. The largest absolute Gasteiger partial charge is 0.507 e. The molecule has 1 heterocycles. The predicted molar refractivity (Wildman–Crippen MR) is 114 cm³/mol. The van der Waals surface area contributed by atoms with Gasteiger partial charge in [-0.25, -0.2) is 4.79 Å². The van der Waals surface area contributed by atoms with Crippen LogP contribution in [-0.4, -0.2) is 49.6 Å². The number of aromatic hydroxyl groups is 1. The molecule has 2 atom stereocenters. The molecule has 1 aliphatic rings. The molecular formula is C21H30NO7P. The molecular weight excluding hydrogens is 409 g/mol. The summed E-state index contributed by atoms with van der Waals surface area (Å²) in [5.41, 5.74) is 2.86. The number of phenolic OH excluding ortho intramolecular Hbond substituents is 1. The summed E-state index contributed by atoms with van der Waals surface area (Å²) in [4.78, 5) is 23.8. The summed E-state index contributed by atoms with van der Waals surface area (Å²) in [6, 6.07) is -0.678. The van der Waals surface area contributed by atoms with Crippen LogP contribution in [0.5, 0.6) is 11.5 Å². The molecule has 0 saturated carbocycles. The highest BCUT2D eigenvalue weighted by Gasteiger charge is 2.32. The first kappa shape index (κ1) is 24.0. The summed E-state index contributed by atoms with van der Waals surface area (Å²) in [5, 5.41) is 13.5. The van der Waals surface area contributed by atoms with Gasteiger partial charge in [0.25, 0.3) is 0 Å². The minimum atomic E-state index is -2.85. The average Bonchev–Trinajstić information content (AvgIpc) is 3.04. The Hall–Kier alpha value is -2.31. The molecule has 8 nitrogen and oxygen atoms in total. The van der Waals surface area contributed by atoms with Gasteiger partial charge in [-0.3, -0.25) is 9.88 Å². The molecule has 0 spiro atoms.